The van der Waals surface area contributed by atoms with Crippen LogP contribution >= 0.6 is 0 Å². The van der Waals surface area contributed by atoms with Crippen molar-refractivity contribution in [2.75, 3.05) is 0 Å². The van der Waals surface area contributed by atoms with E-state index in [4.69, 9.17) is 0 Å². The van der Waals surface area contributed by atoms with Gasteiger partial charge in [0.05, 0.1) is 6.04 Å². The summed E-state index contributed by atoms with van der Waals surface area (Å²) in [4.78, 5) is 18.3. The van der Waals surface area contributed by atoms with Crippen molar-refractivity contribution in [3.63, 3.8) is 0 Å². The Morgan fingerprint density at radius 1 is 1.86 bits per heavy atom. The van der Waals surface area contributed by atoms with Crippen LogP contribution in [0.25, 0.3) is 0 Å². The molecule has 0 saturated heterocycles. The molecule has 1 rings (SSSR count). The topological polar surface area (TPSA) is 57.8 Å². The van der Waals surface area contributed by atoms with Gasteiger partial charge in [-0.2, -0.15) is 0 Å². The highest BCUT2D eigenvalue weighted by molar-refractivity contribution is 5.76. The minimum Gasteiger partial charge on any atom is -0.347 e. The Balaban J connectivity index is 2.37. The van der Waals surface area contributed by atoms with Gasteiger partial charge in [-0.1, -0.05) is 6.08 Å². The van der Waals surface area contributed by atoms with Crippen molar-refractivity contribution in [1.82, 2.24) is 15.3 Å². The van der Waals surface area contributed by atoms with Gasteiger partial charge in [0.25, 0.3) is 0 Å². The summed E-state index contributed by atoms with van der Waals surface area (Å²) in [6, 6.07) is -0.0673. The number of carbonyl (C=O) groups is 1. The number of hydrogen-bond donors (Lipinski definition) is 2. The number of amides is 1. The van der Waals surface area contributed by atoms with E-state index in [-0.39, 0.29) is 11.9 Å². The third-order valence-electron chi connectivity index (χ3n) is 1.88. The predicted molar refractivity (Wildman–Crippen MR) is 54.6 cm³/mol. The summed E-state index contributed by atoms with van der Waals surface area (Å²) in [6.07, 6.45) is 6.33. The van der Waals surface area contributed by atoms with E-state index >= 15 is 0 Å². The Kier molecular flexibility index (Phi) is 3.91. The lowest BCUT2D eigenvalue weighted by Crippen LogP contribution is -2.26. The fourth-order valence-corrected chi connectivity index (χ4v) is 1.13. The van der Waals surface area contributed by atoms with Gasteiger partial charge >= 0.3 is 0 Å². The molecule has 1 aromatic heterocycles. The number of rotatable bonds is 5. The van der Waals surface area contributed by atoms with Gasteiger partial charge in [0.2, 0.25) is 5.91 Å². The minimum absolute atomic E-state index is 0.0220. The van der Waals surface area contributed by atoms with Gasteiger partial charge in [-0.05, 0) is 13.3 Å². The third kappa shape index (κ3) is 3.05. The van der Waals surface area contributed by atoms with Crippen LogP contribution < -0.4 is 5.32 Å². The van der Waals surface area contributed by atoms with Crippen molar-refractivity contribution in [2.24, 2.45) is 0 Å². The maximum Gasteiger partial charge on any atom is 0.220 e. The Hall–Kier alpha value is -1.58. The Bertz CT molecular complexity index is 292. The second-order valence-electron chi connectivity index (χ2n) is 3.09. The van der Waals surface area contributed by atoms with Crippen molar-refractivity contribution < 1.29 is 4.79 Å². The van der Waals surface area contributed by atoms with E-state index in [1.165, 1.54) is 0 Å². The number of H-pyrrole nitrogens is 1. The van der Waals surface area contributed by atoms with Gasteiger partial charge in [0.1, 0.15) is 5.82 Å². The molecule has 0 spiro atoms. The summed E-state index contributed by atoms with van der Waals surface area (Å²) in [5, 5.41) is 2.84. The van der Waals surface area contributed by atoms with E-state index < -0.39 is 0 Å². The molecule has 0 aliphatic carbocycles. The van der Waals surface area contributed by atoms with Crippen LogP contribution in [0.3, 0.4) is 0 Å². The zero-order valence-electron chi connectivity index (χ0n) is 8.29. The molecule has 1 amide bonds. The zero-order chi connectivity index (χ0) is 10.4. The van der Waals surface area contributed by atoms with Gasteiger partial charge in [0, 0.05) is 18.8 Å². The van der Waals surface area contributed by atoms with E-state index in [1.54, 1.807) is 18.5 Å². The quantitative estimate of drug-likeness (QED) is 0.697. The molecule has 0 aliphatic heterocycles. The molecule has 1 unspecified atom stereocenters. The first-order valence-electron chi connectivity index (χ1n) is 4.63. The summed E-state index contributed by atoms with van der Waals surface area (Å²) < 4.78 is 0. The summed E-state index contributed by atoms with van der Waals surface area (Å²) in [5.74, 6) is 0.797. The molecule has 0 bridgehead atoms. The first-order chi connectivity index (χ1) is 6.74. The predicted octanol–water partition coefficient (Wildman–Crippen LogP) is 1.55. The monoisotopic (exact) mass is 193 g/mol. The molecule has 2 N–H and O–H groups in total. The molecule has 76 valence electrons. The standard InChI is InChI=1S/C10H15N3O/c1-3-4-5-9(14)13-8(2)10-11-6-7-12-10/h3,6-8H,1,4-5H2,2H3,(H,11,12)(H,13,14). The first kappa shape index (κ1) is 10.5. The molecular weight excluding hydrogens is 178 g/mol. The van der Waals surface area contributed by atoms with Gasteiger partial charge in [0.15, 0.2) is 0 Å². The highest BCUT2D eigenvalue weighted by Crippen LogP contribution is 2.05. The molecule has 0 aromatic carbocycles. The van der Waals surface area contributed by atoms with Gasteiger partial charge in [-0.15, -0.1) is 6.58 Å². The molecule has 0 saturated carbocycles. The SMILES string of the molecule is C=CCCC(=O)NC(C)c1ncc[nH]1. The summed E-state index contributed by atoms with van der Waals surface area (Å²) in [6.45, 7) is 5.46. The van der Waals surface area contributed by atoms with E-state index in [0.717, 1.165) is 5.82 Å². The first-order valence-corrected chi connectivity index (χ1v) is 4.63. The average Bonchev–Trinajstić information content (AvgIpc) is 2.67. The van der Waals surface area contributed by atoms with Crippen LogP contribution in [0.15, 0.2) is 25.0 Å². The number of nitrogens with zero attached hydrogens (tertiary/aromatic N) is 1. The number of aromatic nitrogens is 2. The fourth-order valence-electron chi connectivity index (χ4n) is 1.13. The van der Waals surface area contributed by atoms with Crippen LogP contribution in [0, 0.1) is 0 Å². The van der Waals surface area contributed by atoms with Crippen molar-refractivity contribution in [3.05, 3.63) is 30.9 Å². The second-order valence-corrected chi connectivity index (χ2v) is 3.09. The molecule has 0 fully saturated rings. The summed E-state index contributed by atoms with van der Waals surface area (Å²) in [5.41, 5.74) is 0. The molecule has 0 aliphatic rings. The van der Waals surface area contributed by atoms with Gasteiger partial charge < -0.3 is 10.3 Å². The number of carbonyl (C=O) groups excluding carboxylic acids is 1. The van der Waals surface area contributed by atoms with E-state index in [1.807, 2.05) is 6.92 Å². The van der Waals surface area contributed by atoms with Crippen LogP contribution in [0.2, 0.25) is 0 Å². The van der Waals surface area contributed by atoms with E-state index in [0.29, 0.717) is 12.8 Å². The second kappa shape index (κ2) is 5.21. The highest BCUT2D eigenvalue weighted by Gasteiger charge is 2.09. The molecule has 4 heteroatoms. The van der Waals surface area contributed by atoms with Crippen LogP contribution in [0.4, 0.5) is 0 Å². The molecule has 1 atom stereocenters. The van der Waals surface area contributed by atoms with Gasteiger partial charge in [-0.25, -0.2) is 4.98 Å². The fraction of sp³-hybridized carbons (Fsp3) is 0.400. The Labute approximate surface area is 83.4 Å². The van der Waals surface area contributed by atoms with Crippen molar-refractivity contribution in [2.45, 2.75) is 25.8 Å². The number of imidazole rings is 1. The lowest BCUT2D eigenvalue weighted by atomic mass is 10.2. The third-order valence-corrected chi connectivity index (χ3v) is 1.88. The number of nitrogens with one attached hydrogen (secondary N) is 2. The maximum atomic E-state index is 11.3. The zero-order valence-corrected chi connectivity index (χ0v) is 8.29. The number of hydrogen-bond acceptors (Lipinski definition) is 2. The minimum atomic E-state index is -0.0673. The van der Waals surface area contributed by atoms with Crippen molar-refractivity contribution in [3.8, 4) is 0 Å². The van der Waals surface area contributed by atoms with Crippen LogP contribution in [-0.2, 0) is 4.79 Å². The number of aromatic amines is 1. The molecule has 0 radical (unpaired) electrons. The maximum absolute atomic E-state index is 11.3. The highest BCUT2D eigenvalue weighted by atomic mass is 16.1. The molecular formula is C10H15N3O. The Morgan fingerprint density at radius 3 is 3.21 bits per heavy atom. The van der Waals surface area contributed by atoms with Gasteiger partial charge in [-0.3, -0.25) is 4.79 Å². The van der Waals surface area contributed by atoms with E-state index in [2.05, 4.69) is 21.9 Å². The Morgan fingerprint density at radius 2 is 2.64 bits per heavy atom. The average molecular weight is 193 g/mol. The summed E-state index contributed by atoms with van der Waals surface area (Å²) in [7, 11) is 0. The van der Waals surface area contributed by atoms with Crippen LogP contribution in [-0.4, -0.2) is 15.9 Å². The lowest BCUT2D eigenvalue weighted by Gasteiger charge is -2.10. The van der Waals surface area contributed by atoms with Crippen LogP contribution in [0.1, 0.15) is 31.6 Å². The molecule has 4 nitrogen and oxygen atoms in total. The summed E-state index contributed by atoms with van der Waals surface area (Å²) >= 11 is 0. The smallest absolute Gasteiger partial charge is 0.220 e. The van der Waals surface area contributed by atoms with Crippen molar-refractivity contribution >= 4 is 5.91 Å². The van der Waals surface area contributed by atoms with Crippen LogP contribution in [0.5, 0.6) is 0 Å². The molecule has 14 heavy (non-hydrogen) atoms. The number of allylic oxidation sites excluding steroid dienone is 1. The largest absolute Gasteiger partial charge is 0.347 e. The molecule has 1 aromatic rings. The lowest BCUT2D eigenvalue weighted by molar-refractivity contribution is -0.121. The van der Waals surface area contributed by atoms with Crippen molar-refractivity contribution in [1.29, 1.82) is 0 Å². The van der Waals surface area contributed by atoms with E-state index in [9.17, 15) is 4.79 Å². The normalized spacial score (nSPS) is 12.1. The molecule has 1 heterocycles.